The molecule has 0 aromatic rings. The van der Waals surface area contributed by atoms with Gasteiger partial charge in [-0.3, -0.25) is 0 Å². The minimum atomic E-state index is -0.444. The third kappa shape index (κ3) is 2.42. The van der Waals surface area contributed by atoms with Gasteiger partial charge in [-0.15, -0.1) is 0 Å². The van der Waals surface area contributed by atoms with Crippen molar-refractivity contribution >= 4 is 19.8 Å². The third-order valence-electron chi connectivity index (χ3n) is 1.89. The Morgan fingerprint density at radius 2 is 1.78 bits per heavy atom. The fraction of sp³-hybridized carbons (Fsp3) is 1.00. The summed E-state index contributed by atoms with van der Waals surface area (Å²) in [4.78, 5) is 4.97. The van der Waals surface area contributed by atoms with Gasteiger partial charge in [0.1, 0.15) is 0 Å². The standard InChI is InChI=1S/C7H16IN/c1-8(2)7-3-5-9-6-4-7/h7,9H,3-6H2,1-2H3. The van der Waals surface area contributed by atoms with E-state index in [1.807, 2.05) is 0 Å². The Labute approximate surface area is 65.0 Å². The van der Waals surface area contributed by atoms with E-state index in [1.54, 1.807) is 0 Å². The number of hydrogen-bond acceptors (Lipinski definition) is 1. The van der Waals surface area contributed by atoms with Gasteiger partial charge in [0.2, 0.25) is 0 Å². The molecule has 2 heteroatoms. The van der Waals surface area contributed by atoms with Crippen LogP contribution < -0.4 is 5.32 Å². The molecule has 0 aliphatic carbocycles. The fourth-order valence-corrected chi connectivity index (χ4v) is 4.34. The van der Waals surface area contributed by atoms with Gasteiger partial charge in [-0.05, 0) is 0 Å². The van der Waals surface area contributed by atoms with E-state index in [0.29, 0.717) is 0 Å². The van der Waals surface area contributed by atoms with Crippen molar-refractivity contribution in [2.24, 2.45) is 0 Å². The first-order valence-corrected chi connectivity index (χ1v) is 9.06. The summed E-state index contributed by atoms with van der Waals surface area (Å²) in [6.45, 7) is 2.56. The van der Waals surface area contributed by atoms with E-state index < -0.39 is 19.8 Å². The third-order valence-corrected chi connectivity index (χ3v) is 6.65. The van der Waals surface area contributed by atoms with Gasteiger partial charge in [0, 0.05) is 0 Å². The van der Waals surface area contributed by atoms with Crippen LogP contribution >= 0.6 is 19.8 Å². The summed E-state index contributed by atoms with van der Waals surface area (Å²) in [7, 11) is 0. The van der Waals surface area contributed by atoms with Gasteiger partial charge >= 0.3 is 64.9 Å². The molecule has 1 aliphatic rings. The summed E-state index contributed by atoms with van der Waals surface area (Å²) in [6.07, 6.45) is 2.91. The first kappa shape index (κ1) is 7.79. The van der Waals surface area contributed by atoms with Gasteiger partial charge in [0.05, 0.1) is 0 Å². The minimum absolute atomic E-state index is 0.444. The van der Waals surface area contributed by atoms with Gasteiger partial charge in [0.25, 0.3) is 0 Å². The van der Waals surface area contributed by atoms with E-state index in [0.717, 1.165) is 3.92 Å². The van der Waals surface area contributed by atoms with E-state index in [2.05, 4.69) is 15.2 Å². The van der Waals surface area contributed by atoms with Crippen molar-refractivity contribution < 1.29 is 0 Å². The Kier molecular flexibility index (Phi) is 3.26. The van der Waals surface area contributed by atoms with E-state index in [9.17, 15) is 0 Å². The molecule has 0 saturated carbocycles. The normalized spacial score (nSPS) is 24.0. The Morgan fingerprint density at radius 1 is 1.22 bits per heavy atom. The fourth-order valence-electron chi connectivity index (χ4n) is 1.22. The van der Waals surface area contributed by atoms with E-state index in [1.165, 1.54) is 25.9 Å². The van der Waals surface area contributed by atoms with Crippen molar-refractivity contribution in [3.8, 4) is 0 Å². The number of hydrogen-bond donors (Lipinski definition) is 1. The predicted molar refractivity (Wildman–Crippen MR) is 51.8 cm³/mol. The number of alkyl halides is 3. The quantitative estimate of drug-likeness (QED) is 0.542. The van der Waals surface area contributed by atoms with E-state index in [4.69, 9.17) is 0 Å². The zero-order chi connectivity index (χ0) is 6.69. The summed E-state index contributed by atoms with van der Waals surface area (Å²) < 4.78 is 1.15. The SMILES string of the molecule is CI(C)C1CCNCC1. The summed E-state index contributed by atoms with van der Waals surface area (Å²) in [6, 6.07) is 0. The summed E-state index contributed by atoms with van der Waals surface area (Å²) in [5, 5.41) is 3.39. The van der Waals surface area contributed by atoms with Gasteiger partial charge in [-0.25, -0.2) is 0 Å². The Balaban J connectivity index is 2.23. The van der Waals surface area contributed by atoms with Crippen LogP contribution in [-0.4, -0.2) is 26.9 Å². The predicted octanol–water partition coefficient (Wildman–Crippen LogP) is 1.50. The average Bonchev–Trinajstić information content (AvgIpc) is 1.90. The van der Waals surface area contributed by atoms with Crippen LogP contribution in [0.5, 0.6) is 0 Å². The zero-order valence-corrected chi connectivity index (χ0v) is 8.44. The van der Waals surface area contributed by atoms with Crippen molar-refractivity contribution in [2.75, 3.05) is 23.0 Å². The average molecular weight is 241 g/mol. The Morgan fingerprint density at radius 3 is 2.11 bits per heavy atom. The molecule has 0 unspecified atom stereocenters. The number of piperidine rings is 1. The molecule has 0 aromatic heterocycles. The van der Waals surface area contributed by atoms with Gasteiger partial charge in [0.15, 0.2) is 0 Å². The number of rotatable bonds is 1. The molecule has 1 N–H and O–H groups in total. The molecule has 1 saturated heterocycles. The molecule has 1 rings (SSSR count). The molecule has 1 aliphatic heterocycles. The first-order valence-electron chi connectivity index (χ1n) is 3.50. The van der Waals surface area contributed by atoms with Crippen LogP contribution in [0.1, 0.15) is 12.8 Å². The van der Waals surface area contributed by atoms with Gasteiger partial charge < -0.3 is 0 Å². The second-order valence-corrected chi connectivity index (χ2v) is 9.15. The topological polar surface area (TPSA) is 12.0 Å². The molecule has 1 heterocycles. The zero-order valence-electron chi connectivity index (χ0n) is 6.28. The second kappa shape index (κ2) is 3.76. The van der Waals surface area contributed by atoms with Crippen LogP contribution in [0.15, 0.2) is 0 Å². The van der Waals surface area contributed by atoms with E-state index >= 15 is 0 Å². The first-order chi connectivity index (χ1) is 4.30. The van der Waals surface area contributed by atoms with Crippen LogP contribution in [0, 0.1) is 0 Å². The Bertz CT molecular complexity index is 77.0. The molecule has 0 radical (unpaired) electrons. The molecule has 1 nitrogen and oxygen atoms in total. The van der Waals surface area contributed by atoms with E-state index in [-0.39, 0.29) is 0 Å². The molecule has 0 aromatic carbocycles. The van der Waals surface area contributed by atoms with Crippen LogP contribution in [0.2, 0.25) is 0 Å². The van der Waals surface area contributed by atoms with Crippen molar-refractivity contribution in [3.05, 3.63) is 0 Å². The molecule has 1 fully saturated rings. The molecular formula is C7H16IN. The van der Waals surface area contributed by atoms with Gasteiger partial charge in [-0.2, -0.15) is 0 Å². The molecule has 56 valence electrons. The van der Waals surface area contributed by atoms with Crippen LogP contribution in [0.4, 0.5) is 0 Å². The summed E-state index contributed by atoms with van der Waals surface area (Å²) in [5.74, 6) is 0. The maximum atomic E-state index is 3.39. The maximum absolute atomic E-state index is 3.39. The molecular weight excluding hydrogens is 225 g/mol. The molecule has 0 atom stereocenters. The van der Waals surface area contributed by atoms with Crippen LogP contribution in [0.3, 0.4) is 0 Å². The molecule has 0 bridgehead atoms. The Hall–Kier alpha value is 0.690. The van der Waals surface area contributed by atoms with Crippen molar-refractivity contribution in [2.45, 2.75) is 16.8 Å². The molecule has 9 heavy (non-hydrogen) atoms. The van der Waals surface area contributed by atoms with Crippen molar-refractivity contribution in [3.63, 3.8) is 0 Å². The molecule has 0 amide bonds. The summed E-state index contributed by atoms with van der Waals surface area (Å²) >= 11 is -0.444. The monoisotopic (exact) mass is 241 g/mol. The van der Waals surface area contributed by atoms with Crippen LogP contribution in [-0.2, 0) is 0 Å². The van der Waals surface area contributed by atoms with Crippen LogP contribution in [0.25, 0.3) is 0 Å². The molecule has 0 spiro atoms. The number of nitrogens with one attached hydrogen (secondary N) is 1. The van der Waals surface area contributed by atoms with Crippen molar-refractivity contribution in [1.29, 1.82) is 0 Å². The number of halogens is 1. The second-order valence-electron chi connectivity index (χ2n) is 2.74. The van der Waals surface area contributed by atoms with Crippen molar-refractivity contribution in [1.82, 2.24) is 5.32 Å². The summed E-state index contributed by atoms with van der Waals surface area (Å²) in [5.41, 5.74) is 0. The van der Waals surface area contributed by atoms with Gasteiger partial charge in [-0.1, -0.05) is 0 Å².